The van der Waals surface area contributed by atoms with Crippen molar-refractivity contribution in [1.82, 2.24) is 14.1 Å². The molecule has 1 fully saturated rings. The molecule has 3 rings (SSSR count). The number of nitrogens with one attached hydrogen (secondary N) is 1. The Kier molecular flexibility index (Phi) is 8.24. The minimum absolute atomic E-state index is 0.00607. The Morgan fingerprint density at radius 1 is 1.09 bits per heavy atom. The van der Waals surface area contributed by atoms with E-state index in [2.05, 4.69) is 10.2 Å². The summed E-state index contributed by atoms with van der Waals surface area (Å²) in [6.45, 7) is 4.05. The fraction of sp³-hybridized carbons (Fsp3) is 0.391. The van der Waals surface area contributed by atoms with Crippen LogP contribution in [0, 0.1) is 5.82 Å². The fourth-order valence-corrected chi connectivity index (χ4v) is 5.18. The van der Waals surface area contributed by atoms with Gasteiger partial charge in [-0.25, -0.2) is 12.8 Å². The van der Waals surface area contributed by atoms with E-state index < -0.39 is 28.3 Å². The molecule has 0 bridgehead atoms. The lowest BCUT2D eigenvalue weighted by atomic mass is 10.1. The van der Waals surface area contributed by atoms with Gasteiger partial charge in [-0.15, -0.1) is 0 Å². The van der Waals surface area contributed by atoms with Gasteiger partial charge >= 0.3 is 0 Å². The number of carbonyl (C=O) groups is 2. The summed E-state index contributed by atoms with van der Waals surface area (Å²) < 4.78 is 45.8. The van der Waals surface area contributed by atoms with E-state index in [1.54, 1.807) is 36.1 Å². The minimum atomic E-state index is -4.18. The Morgan fingerprint density at radius 2 is 1.74 bits per heavy atom. The van der Waals surface area contributed by atoms with Crippen LogP contribution in [-0.4, -0.2) is 87.8 Å². The summed E-state index contributed by atoms with van der Waals surface area (Å²) in [5.41, 5.74) is 0.940. The number of likely N-dealkylation sites (N-methyl/N-ethyl adjacent to an activating group) is 2. The topological polar surface area (TPSA) is 99.3 Å². The van der Waals surface area contributed by atoms with Gasteiger partial charge in [-0.3, -0.25) is 9.59 Å². The standard InChI is InChI=1S/C23H29FN4O5S/c1-4-28(34(31,32)21-15-18(24)7-10-20(21)33-3)16-22(29)25-19-8-5-17(6-9-19)23(30)27-13-11-26(2)12-14-27/h5-10,15H,4,11-14,16H2,1-3H3,(H,25,29). The number of sulfonamides is 1. The van der Waals surface area contributed by atoms with E-state index in [1.807, 2.05) is 7.05 Å². The van der Waals surface area contributed by atoms with Crippen molar-refractivity contribution in [3.8, 4) is 5.75 Å². The Bertz CT molecular complexity index is 1130. The smallest absolute Gasteiger partial charge is 0.253 e. The average Bonchev–Trinajstić information content (AvgIpc) is 2.83. The first kappa shape index (κ1) is 25.6. The lowest BCUT2D eigenvalue weighted by molar-refractivity contribution is -0.116. The average molecular weight is 493 g/mol. The molecule has 1 aliphatic heterocycles. The van der Waals surface area contributed by atoms with Crippen LogP contribution in [0.5, 0.6) is 5.75 Å². The Hall–Kier alpha value is -3.02. The predicted molar refractivity (Wildman–Crippen MR) is 126 cm³/mol. The van der Waals surface area contributed by atoms with Gasteiger partial charge in [-0.1, -0.05) is 6.92 Å². The second-order valence-corrected chi connectivity index (χ2v) is 9.85. The highest BCUT2D eigenvalue weighted by Gasteiger charge is 2.29. The van der Waals surface area contributed by atoms with E-state index in [4.69, 9.17) is 4.74 Å². The maximum absolute atomic E-state index is 13.7. The summed E-state index contributed by atoms with van der Waals surface area (Å²) in [5.74, 6) is -1.39. The van der Waals surface area contributed by atoms with Crippen LogP contribution in [0.3, 0.4) is 0 Å². The second kappa shape index (κ2) is 10.9. The molecule has 1 saturated heterocycles. The van der Waals surface area contributed by atoms with E-state index in [-0.39, 0.29) is 23.1 Å². The molecule has 0 radical (unpaired) electrons. The van der Waals surface area contributed by atoms with E-state index in [1.165, 1.54) is 13.2 Å². The van der Waals surface area contributed by atoms with Crippen LogP contribution >= 0.6 is 0 Å². The first-order valence-corrected chi connectivity index (χ1v) is 12.3. The number of carbonyl (C=O) groups excluding carboxylic acids is 2. The van der Waals surface area contributed by atoms with Gasteiger partial charge in [0.25, 0.3) is 5.91 Å². The predicted octanol–water partition coefficient (Wildman–Crippen LogP) is 1.87. The van der Waals surface area contributed by atoms with Gasteiger partial charge in [0.2, 0.25) is 15.9 Å². The number of hydrogen-bond acceptors (Lipinski definition) is 6. The molecule has 9 nitrogen and oxygen atoms in total. The number of piperazine rings is 1. The quantitative estimate of drug-likeness (QED) is 0.604. The largest absolute Gasteiger partial charge is 0.495 e. The van der Waals surface area contributed by atoms with Crippen molar-refractivity contribution in [1.29, 1.82) is 0 Å². The first-order valence-electron chi connectivity index (χ1n) is 10.9. The fourth-order valence-electron chi connectivity index (χ4n) is 3.61. The number of halogens is 1. The third-order valence-corrected chi connectivity index (χ3v) is 7.56. The van der Waals surface area contributed by atoms with Crippen molar-refractivity contribution >= 4 is 27.5 Å². The van der Waals surface area contributed by atoms with Crippen LogP contribution < -0.4 is 10.1 Å². The zero-order valence-corrected chi connectivity index (χ0v) is 20.3. The van der Waals surface area contributed by atoms with Gasteiger partial charge < -0.3 is 19.9 Å². The number of amides is 2. The normalized spacial score (nSPS) is 14.8. The van der Waals surface area contributed by atoms with Gasteiger partial charge in [-0.05, 0) is 49.5 Å². The SMILES string of the molecule is CCN(CC(=O)Nc1ccc(C(=O)N2CCN(C)CC2)cc1)S(=O)(=O)c1cc(F)ccc1OC. The van der Waals surface area contributed by atoms with Crippen LogP contribution in [0.4, 0.5) is 10.1 Å². The van der Waals surface area contributed by atoms with Crippen molar-refractivity contribution in [2.45, 2.75) is 11.8 Å². The minimum Gasteiger partial charge on any atom is -0.495 e. The van der Waals surface area contributed by atoms with E-state index in [9.17, 15) is 22.4 Å². The van der Waals surface area contributed by atoms with Crippen LogP contribution in [-0.2, 0) is 14.8 Å². The van der Waals surface area contributed by atoms with Gasteiger partial charge in [0.05, 0.1) is 13.7 Å². The molecular formula is C23H29FN4O5S. The van der Waals surface area contributed by atoms with Crippen molar-refractivity contribution in [3.05, 3.63) is 53.8 Å². The third kappa shape index (κ3) is 5.91. The highest BCUT2D eigenvalue weighted by molar-refractivity contribution is 7.89. The molecule has 2 aromatic rings. The molecule has 0 spiro atoms. The van der Waals surface area contributed by atoms with Crippen molar-refractivity contribution < 1.29 is 27.1 Å². The molecule has 2 amide bonds. The van der Waals surface area contributed by atoms with Crippen molar-refractivity contribution in [3.63, 3.8) is 0 Å². The second-order valence-electron chi connectivity index (χ2n) is 7.95. The molecule has 11 heteroatoms. The molecule has 1 aliphatic rings. The highest BCUT2D eigenvalue weighted by Crippen LogP contribution is 2.27. The Labute approximate surface area is 199 Å². The monoisotopic (exact) mass is 492 g/mol. The Morgan fingerprint density at radius 3 is 2.32 bits per heavy atom. The number of rotatable bonds is 8. The van der Waals surface area contributed by atoms with Crippen molar-refractivity contribution in [2.75, 3.05) is 58.7 Å². The number of methoxy groups -OCH3 is 1. The molecule has 0 aliphatic carbocycles. The molecule has 2 aromatic carbocycles. The molecule has 0 saturated carbocycles. The van der Waals surface area contributed by atoms with Gasteiger partial charge in [0, 0.05) is 44.0 Å². The van der Waals surface area contributed by atoms with Crippen LogP contribution in [0.25, 0.3) is 0 Å². The lowest BCUT2D eigenvalue weighted by Gasteiger charge is -2.32. The molecule has 0 atom stereocenters. The van der Waals surface area contributed by atoms with Crippen LogP contribution in [0.15, 0.2) is 47.4 Å². The van der Waals surface area contributed by atoms with E-state index in [0.29, 0.717) is 24.3 Å². The summed E-state index contributed by atoms with van der Waals surface area (Å²) in [6.07, 6.45) is 0. The van der Waals surface area contributed by atoms with Crippen LogP contribution in [0.1, 0.15) is 17.3 Å². The molecule has 0 aromatic heterocycles. The Balaban J connectivity index is 1.66. The van der Waals surface area contributed by atoms with Crippen LogP contribution in [0.2, 0.25) is 0 Å². The molecule has 1 heterocycles. The number of ether oxygens (including phenoxy) is 1. The highest BCUT2D eigenvalue weighted by atomic mass is 32.2. The molecule has 0 unspecified atom stereocenters. The lowest BCUT2D eigenvalue weighted by Crippen LogP contribution is -2.47. The summed E-state index contributed by atoms with van der Waals surface area (Å²) in [7, 11) is -0.886. The van der Waals surface area contributed by atoms with E-state index >= 15 is 0 Å². The molecule has 184 valence electrons. The summed E-state index contributed by atoms with van der Waals surface area (Å²) in [6, 6.07) is 9.64. The maximum Gasteiger partial charge on any atom is 0.253 e. The number of nitrogens with zero attached hydrogens (tertiary/aromatic N) is 3. The summed E-state index contributed by atoms with van der Waals surface area (Å²) in [4.78, 5) is 28.8. The zero-order valence-electron chi connectivity index (χ0n) is 19.5. The zero-order chi connectivity index (χ0) is 24.9. The first-order chi connectivity index (χ1) is 16.1. The van der Waals surface area contributed by atoms with E-state index in [0.717, 1.165) is 29.5 Å². The summed E-state index contributed by atoms with van der Waals surface area (Å²) in [5, 5.41) is 2.64. The van der Waals surface area contributed by atoms with Gasteiger partial charge in [-0.2, -0.15) is 4.31 Å². The maximum atomic E-state index is 13.7. The molecular weight excluding hydrogens is 463 g/mol. The van der Waals surface area contributed by atoms with Gasteiger partial charge in [0.15, 0.2) is 0 Å². The molecule has 1 N–H and O–H groups in total. The van der Waals surface area contributed by atoms with Crippen molar-refractivity contribution in [2.24, 2.45) is 0 Å². The number of hydrogen-bond donors (Lipinski definition) is 1. The third-order valence-electron chi connectivity index (χ3n) is 5.62. The van der Waals surface area contributed by atoms with Gasteiger partial charge in [0.1, 0.15) is 16.5 Å². The number of anilines is 1. The summed E-state index contributed by atoms with van der Waals surface area (Å²) >= 11 is 0. The molecule has 34 heavy (non-hydrogen) atoms. The number of benzene rings is 2.